The predicted molar refractivity (Wildman–Crippen MR) is 29.7 cm³/mol. The fourth-order valence-corrected chi connectivity index (χ4v) is 0.790. The second-order valence-electron chi connectivity index (χ2n) is 1.36. The maximum absolute atomic E-state index is 10.3. The molecule has 64 valence electrons. The summed E-state index contributed by atoms with van der Waals surface area (Å²) in [5.41, 5.74) is 0. The minimum atomic E-state index is -4.85. The molecule has 0 aliphatic heterocycles. The molecular weight excluding hydrogens is 181 g/mol. The molecule has 0 fully saturated rings. The first-order valence-electron chi connectivity index (χ1n) is 2.20. The third kappa shape index (κ3) is 5.31. The molecule has 0 aliphatic rings. The van der Waals surface area contributed by atoms with Crippen molar-refractivity contribution in [1.29, 1.82) is 0 Å². The van der Waals surface area contributed by atoms with Crippen molar-refractivity contribution in [2.75, 3.05) is 0 Å². The van der Waals surface area contributed by atoms with Crippen molar-refractivity contribution in [3.8, 4) is 0 Å². The highest BCUT2D eigenvalue weighted by Crippen LogP contribution is 2.42. The van der Waals surface area contributed by atoms with Gasteiger partial charge in [-0.05, 0) is 0 Å². The van der Waals surface area contributed by atoms with Crippen LogP contribution in [-0.2, 0) is 18.5 Å². The second kappa shape index (κ2) is 3.31. The lowest BCUT2D eigenvalue weighted by molar-refractivity contribution is -0.717. The normalized spacial score (nSPS) is 14.7. The summed E-state index contributed by atoms with van der Waals surface area (Å²) in [5, 5.41) is 7.93. The fourth-order valence-electron chi connectivity index (χ4n) is 0.263. The number of rotatable bonds is 3. The van der Waals surface area contributed by atoms with Crippen molar-refractivity contribution in [2.45, 2.75) is 6.92 Å². The lowest BCUT2D eigenvalue weighted by atomic mass is 10.9. The van der Waals surface area contributed by atoms with Crippen LogP contribution in [0.1, 0.15) is 6.92 Å². The monoisotopic (exact) mass is 185 g/mol. The van der Waals surface area contributed by atoms with Gasteiger partial charge in [-0.25, -0.2) is 4.57 Å². The first-order chi connectivity index (χ1) is 4.83. The molecule has 0 amide bonds. The molecule has 0 heterocycles. The van der Waals surface area contributed by atoms with E-state index in [1.54, 1.807) is 0 Å². The lowest BCUT2D eigenvalue weighted by Crippen LogP contribution is -2.03. The Kier molecular flexibility index (Phi) is 2.97. The summed E-state index contributed by atoms with van der Waals surface area (Å²) < 4.78 is 17.0. The van der Waals surface area contributed by atoms with E-state index in [0.717, 1.165) is 6.92 Å². The number of nitrogens with zero attached hydrogens (tertiary/aromatic N) is 1. The summed E-state index contributed by atoms with van der Waals surface area (Å²) in [4.78, 5) is 27.7. The molecule has 0 aromatic rings. The van der Waals surface area contributed by atoms with Crippen LogP contribution in [0, 0.1) is 10.1 Å². The predicted octanol–water partition coefficient (Wildman–Crippen LogP) is -0.142. The van der Waals surface area contributed by atoms with Crippen LogP contribution in [0.5, 0.6) is 0 Å². The molecule has 0 aliphatic carbocycles. The zero-order valence-corrected chi connectivity index (χ0v) is 6.19. The molecular formula is C2H4NO7P. The van der Waals surface area contributed by atoms with E-state index in [9.17, 15) is 19.5 Å². The van der Waals surface area contributed by atoms with E-state index < -0.39 is 18.9 Å². The molecule has 0 aromatic carbocycles. The summed E-state index contributed by atoms with van der Waals surface area (Å²) in [6.45, 7) is 0.812. The molecule has 8 nitrogen and oxygen atoms in total. The third-order valence-electron chi connectivity index (χ3n) is 0.414. The van der Waals surface area contributed by atoms with Crippen LogP contribution in [0.4, 0.5) is 0 Å². The Bertz CT molecular complexity index is 202. The fraction of sp³-hybridized carbons (Fsp3) is 0.500. The number of carbonyl (C=O) groups excluding carboxylic acids is 1. The highest BCUT2D eigenvalue weighted by Gasteiger charge is 2.27. The van der Waals surface area contributed by atoms with Gasteiger partial charge >= 0.3 is 18.9 Å². The molecule has 0 rings (SSSR count). The Labute approximate surface area is 60.4 Å². The largest absolute Gasteiger partial charge is 0.560 e. The average Bonchev–Trinajstić information content (AvgIpc) is 1.53. The van der Waals surface area contributed by atoms with Gasteiger partial charge in [0.25, 0.3) is 0 Å². The number of carbonyl (C=O) groups is 1. The zero-order chi connectivity index (χ0) is 9.07. The van der Waals surface area contributed by atoms with Gasteiger partial charge in [0, 0.05) is 6.92 Å². The smallest absolute Gasteiger partial charge is 0.373 e. The summed E-state index contributed by atoms with van der Waals surface area (Å²) in [7, 11) is -4.85. The lowest BCUT2D eigenvalue weighted by Gasteiger charge is -2.05. The van der Waals surface area contributed by atoms with Crippen LogP contribution in [0.2, 0.25) is 0 Å². The molecule has 9 heteroatoms. The van der Waals surface area contributed by atoms with Crippen LogP contribution in [0.25, 0.3) is 0 Å². The van der Waals surface area contributed by atoms with Crippen LogP contribution < -0.4 is 0 Å². The molecule has 0 radical (unpaired) electrons. The van der Waals surface area contributed by atoms with Gasteiger partial charge in [-0.3, -0.25) is 9.69 Å². The summed E-state index contributed by atoms with van der Waals surface area (Å²) >= 11 is 0. The van der Waals surface area contributed by atoms with Crippen molar-refractivity contribution in [2.24, 2.45) is 0 Å². The van der Waals surface area contributed by atoms with Crippen molar-refractivity contribution >= 4 is 13.8 Å². The minimum absolute atomic E-state index is 0.812. The van der Waals surface area contributed by atoms with E-state index in [1.165, 1.54) is 0 Å². The van der Waals surface area contributed by atoms with Crippen LogP contribution in [0.3, 0.4) is 0 Å². The van der Waals surface area contributed by atoms with E-state index in [0.29, 0.717) is 0 Å². The molecule has 1 unspecified atom stereocenters. The standard InChI is InChI=1S/C2H4NO7P/c1-2(4)9-11(7,8)10-3(5)6/h1H3,(H,7,8). The Morgan fingerprint density at radius 1 is 1.73 bits per heavy atom. The maximum Gasteiger partial charge on any atom is 0.560 e. The van der Waals surface area contributed by atoms with Crippen LogP contribution >= 0.6 is 7.82 Å². The quantitative estimate of drug-likeness (QED) is 0.369. The average molecular weight is 185 g/mol. The van der Waals surface area contributed by atoms with Crippen molar-refractivity contribution in [3.63, 3.8) is 0 Å². The highest BCUT2D eigenvalue weighted by molar-refractivity contribution is 7.47. The molecule has 1 atom stereocenters. The zero-order valence-electron chi connectivity index (χ0n) is 5.29. The van der Waals surface area contributed by atoms with Gasteiger partial charge in [0.15, 0.2) is 0 Å². The van der Waals surface area contributed by atoms with E-state index in [1.807, 2.05) is 0 Å². The molecule has 0 bridgehead atoms. The van der Waals surface area contributed by atoms with E-state index in [4.69, 9.17) is 4.89 Å². The number of hydrogen-bond donors (Lipinski definition) is 1. The molecule has 1 N–H and O–H groups in total. The topological polar surface area (TPSA) is 116 Å². The van der Waals surface area contributed by atoms with Crippen molar-refractivity contribution in [1.82, 2.24) is 0 Å². The second-order valence-corrected chi connectivity index (χ2v) is 2.64. The van der Waals surface area contributed by atoms with E-state index in [-0.39, 0.29) is 0 Å². The first-order valence-corrected chi connectivity index (χ1v) is 3.70. The Morgan fingerprint density at radius 3 is 2.45 bits per heavy atom. The minimum Gasteiger partial charge on any atom is -0.373 e. The van der Waals surface area contributed by atoms with Gasteiger partial charge in [0.1, 0.15) is 0 Å². The van der Waals surface area contributed by atoms with Crippen molar-refractivity contribution < 1.29 is 28.5 Å². The van der Waals surface area contributed by atoms with Gasteiger partial charge in [-0.15, -0.1) is 10.1 Å². The number of phosphoric acid groups is 1. The summed E-state index contributed by atoms with van der Waals surface area (Å²) in [6, 6.07) is 0. The van der Waals surface area contributed by atoms with Gasteiger partial charge in [-0.2, -0.15) is 4.62 Å². The summed E-state index contributed by atoms with van der Waals surface area (Å²) in [6.07, 6.45) is 0. The maximum atomic E-state index is 10.3. The van der Waals surface area contributed by atoms with Gasteiger partial charge < -0.3 is 4.52 Å². The molecule has 11 heavy (non-hydrogen) atoms. The first kappa shape index (κ1) is 9.86. The SMILES string of the molecule is CC(=O)OP(=O)(O)O[N+](=O)[O-]. The van der Waals surface area contributed by atoms with E-state index >= 15 is 0 Å². The molecule has 0 spiro atoms. The number of hydrogen-bond acceptors (Lipinski definition) is 6. The highest BCUT2D eigenvalue weighted by atomic mass is 31.2. The van der Waals surface area contributed by atoms with Gasteiger partial charge in [0.05, 0.1) is 0 Å². The van der Waals surface area contributed by atoms with E-state index in [2.05, 4.69) is 9.15 Å². The van der Waals surface area contributed by atoms with Crippen LogP contribution in [-0.4, -0.2) is 15.9 Å². The third-order valence-corrected chi connectivity index (χ3v) is 1.24. The Hall–Kier alpha value is -1.14. The molecule has 0 aromatic heterocycles. The van der Waals surface area contributed by atoms with Gasteiger partial charge in [0.2, 0.25) is 0 Å². The van der Waals surface area contributed by atoms with Crippen LogP contribution in [0.15, 0.2) is 0 Å². The Morgan fingerprint density at radius 2 is 2.18 bits per heavy atom. The van der Waals surface area contributed by atoms with Crippen molar-refractivity contribution in [3.05, 3.63) is 10.1 Å². The molecule has 0 saturated heterocycles. The van der Waals surface area contributed by atoms with Gasteiger partial charge in [-0.1, -0.05) is 0 Å². The Balaban J connectivity index is 4.12. The molecule has 0 saturated carbocycles. The summed E-state index contributed by atoms with van der Waals surface area (Å²) in [5.74, 6) is -1.14. The number of phosphoric ester groups is 1.